The fraction of sp³-hybridized carbons (Fsp3) is 0.296. The molecule has 32 heavy (non-hydrogen) atoms. The van der Waals surface area contributed by atoms with Gasteiger partial charge in [-0.25, -0.2) is 0 Å². The average molecular weight is 431 g/mol. The van der Waals surface area contributed by atoms with Gasteiger partial charge in [0.25, 0.3) is 5.91 Å². The molecule has 0 aliphatic carbocycles. The average Bonchev–Trinajstić information content (AvgIpc) is 2.85. The van der Waals surface area contributed by atoms with E-state index in [2.05, 4.69) is 53.4 Å². The summed E-state index contributed by atoms with van der Waals surface area (Å²) in [5.41, 5.74) is 2.54. The lowest BCUT2D eigenvalue weighted by Gasteiger charge is -2.40. The molecule has 1 saturated heterocycles. The Hall–Kier alpha value is -3.31. The summed E-state index contributed by atoms with van der Waals surface area (Å²) in [7, 11) is 1.62. The van der Waals surface area contributed by atoms with Gasteiger partial charge in [0.15, 0.2) is 6.10 Å². The number of carbonyl (C=O) groups excluding carboxylic acids is 1. The fourth-order valence-corrected chi connectivity index (χ4v) is 4.27. The van der Waals surface area contributed by atoms with Crippen LogP contribution in [0.2, 0.25) is 0 Å². The van der Waals surface area contributed by atoms with E-state index in [1.165, 1.54) is 11.1 Å². The fourth-order valence-electron chi connectivity index (χ4n) is 4.27. The lowest BCUT2D eigenvalue weighted by atomic mass is 9.96. The minimum atomic E-state index is -0.548. The second-order valence-electron chi connectivity index (χ2n) is 8.02. The molecular formula is C27H30N2O3. The largest absolute Gasteiger partial charge is 0.497 e. The maximum absolute atomic E-state index is 13.0. The zero-order chi connectivity index (χ0) is 22.3. The first-order valence-corrected chi connectivity index (χ1v) is 11.1. The molecule has 1 fully saturated rings. The minimum absolute atomic E-state index is 0.0171. The number of nitrogens with zero attached hydrogens (tertiary/aromatic N) is 2. The number of hydrogen-bond donors (Lipinski definition) is 0. The SMILES string of the molecule is COc1cccc(O[C@H](C)C(=O)N2CCN(C(c3ccccc3)c3ccccc3)CC2)c1. The molecule has 5 heteroatoms. The summed E-state index contributed by atoms with van der Waals surface area (Å²) in [5, 5.41) is 0. The third-order valence-corrected chi connectivity index (χ3v) is 5.92. The van der Waals surface area contributed by atoms with Crippen molar-refractivity contribution in [1.82, 2.24) is 9.80 Å². The number of carbonyl (C=O) groups is 1. The monoisotopic (exact) mass is 430 g/mol. The zero-order valence-electron chi connectivity index (χ0n) is 18.7. The number of hydrogen-bond acceptors (Lipinski definition) is 4. The van der Waals surface area contributed by atoms with Crippen molar-refractivity contribution in [1.29, 1.82) is 0 Å². The molecule has 1 aliphatic rings. The number of piperazine rings is 1. The second kappa shape index (κ2) is 10.3. The highest BCUT2D eigenvalue weighted by Gasteiger charge is 2.30. The molecule has 3 aromatic rings. The highest BCUT2D eigenvalue weighted by molar-refractivity contribution is 5.81. The molecule has 0 unspecified atom stereocenters. The summed E-state index contributed by atoms with van der Waals surface area (Å²) >= 11 is 0. The smallest absolute Gasteiger partial charge is 0.263 e. The predicted octanol–water partition coefficient (Wildman–Crippen LogP) is 4.40. The number of methoxy groups -OCH3 is 1. The molecule has 0 N–H and O–H groups in total. The summed E-state index contributed by atoms with van der Waals surface area (Å²) in [6.45, 7) is 4.80. The molecule has 0 saturated carbocycles. The van der Waals surface area contributed by atoms with Crippen LogP contribution in [0.5, 0.6) is 11.5 Å². The molecule has 0 spiro atoms. The van der Waals surface area contributed by atoms with Crippen LogP contribution in [-0.2, 0) is 4.79 Å². The van der Waals surface area contributed by atoms with Crippen LogP contribution in [0.25, 0.3) is 0 Å². The molecule has 4 rings (SSSR count). The summed E-state index contributed by atoms with van der Waals surface area (Å²) in [6.07, 6.45) is -0.548. The van der Waals surface area contributed by atoms with E-state index < -0.39 is 6.10 Å². The van der Waals surface area contributed by atoms with Crippen LogP contribution in [0.4, 0.5) is 0 Å². The van der Waals surface area contributed by atoms with Crippen LogP contribution in [0, 0.1) is 0 Å². The molecule has 1 heterocycles. The van der Waals surface area contributed by atoms with Gasteiger partial charge in [0.05, 0.1) is 13.2 Å². The van der Waals surface area contributed by atoms with E-state index in [1.54, 1.807) is 13.2 Å². The third-order valence-electron chi connectivity index (χ3n) is 5.92. The number of ether oxygens (including phenoxy) is 2. The first-order valence-electron chi connectivity index (χ1n) is 11.1. The van der Waals surface area contributed by atoms with Gasteiger partial charge in [-0.15, -0.1) is 0 Å². The highest BCUT2D eigenvalue weighted by Crippen LogP contribution is 2.29. The van der Waals surface area contributed by atoms with Gasteiger partial charge in [-0.05, 0) is 30.2 Å². The van der Waals surface area contributed by atoms with Crippen LogP contribution in [0.15, 0.2) is 84.9 Å². The molecule has 0 radical (unpaired) electrons. The normalized spacial score (nSPS) is 15.4. The van der Waals surface area contributed by atoms with E-state index >= 15 is 0 Å². The number of benzene rings is 3. The standard InChI is InChI=1S/C27H30N2O3/c1-21(32-25-15-9-14-24(20-25)31-2)27(30)29-18-16-28(17-19-29)26(22-10-5-3-6-11-22)23-12-7-4-8-13-23/h3-15,20-21,26H,16-19H2,1-2H3/t21-/m1/s1. The van der Waals surface area contributed by atoms with Crippen molar-refractivity contribution < 1.29 is 14.3 Å². The van der Waals surface area contributed by atoms with Crippen molar-refractivity contribution in [3.05, 3.63) is 96.1 Å². The van der Waals surface area contributed by atoms with Crippen molar-refractivity contribution in [3.63, 3.8) is 0 Å². The Kier molecular flexibility index (Phi) is 7.07. The topological polar surface area (TPSA) is 42.0 Å². The van der Waals surface area contributed by atoms with Crippen molar-refractivity contribution in [3.8, 4) is 11.5 Å². The van der Waals surface area contributed by atoms with Crippen molar-refractivity contribution >= 4 is 5.91 Å². The molecule has 1 aliphatic heterocycles. The van der Waals surface area contributed by atoms with Crippen LogP contribution < -0.4 is 9.47 Å². The van der Waals surface area contributed by atoms with Gasteiger partial charge in [0.1, 0.15) is 11.5 Å². The van der Waals surface area contributed by atoms with E-state index in [9.17, 15) is 4.79 Å². The molecule has 3 aromatic carbocycles. The molecule has 166 valence electrons. The van der Waals surface area contributed by atoms with Gasteiger partial charge in [0.2, 0.25) is 0 Å². The summed E-state index contributed by atoms with van der Waals surface area (Å²) in [4.78, 5) is 17.4. The van der Waals surface area contributed by atoms with Gasteiger partial charge < -0.3 is 14.4 Å². The summed E-state index contributed by atoms with van der Waals surface area (Å²) in [6, 6.07) is 28.7. The predicted molar refractivity (Wildman–Crippen MR) is 126 cm³/mol. The Morgan fingerprint density at radius 2 is 1.34 bits per heavy atom. The van der Waals surface area contributed by atoms with E-state index in [0.29, 0.717) is 24.6 Å². The first kappa shape index (κ1) is 21.9. The molecule has 5 nitrogen and oxygen atoms in total. The summed E-state index contributed by atoms with van der Waals surface area (Å²) < 4.78 is 11.1. The molecule has 1 atom stereocenters. The summed E-state index contributed by atoms with van der Waals surface area (Å²) in [5.74, 6) is 1.36. The van der Waals surface area contributed by atoms with Crippen molar-refractivity contribution in [2.45, 2.75) is 19.1 Å². The van der Waals surface area contributed by atoms with Crippen LogP contribution >= 0.6 is 0 Å². The van der Waals surface area contributed by atoms with Gasteiger partial charge in [-0.3, -0.25) is 9.69 Å². The molecule has 0 aromatic heterocycles. The maximum Gasteiger partial charge on any atom is 0.263 e. The quantitative estimate of drug-likeness (QED) is 0.557. The van der Waals surface area contributed by atoms with Gasteiger partial charge in [-0.1, -0.05) is 66.7 Å². The van der Waals surface area contributed by atoms with E-state index in [-0.39, 0.29) is 11.9 Å². The Bertz CT molecular complexity index is 962. The Labute approximate surface area is 190 Å². The lowest BCUT2D eigenvalue weighted by Crippen LogP contribution is -2.52. The van der Waals surface area contributed by atoms with Gasteiger partial charge in [-0.2, -0.15) is 0 Å². The molecule has 1 amide bonds. The Morgan fingerprint density at radius 1 is 0.781 bits per heavy atom. The van der Waals surface area contributed by atoms with Gasteiger partial charge >= 0.3 is 0 Å². The van der Waals surface area contributed by atoms with Crippen LogP contribution in [0.3, 0.4) is 0 Å². The lowest BCUT2D eigenvalue weighted by molar-refractivity contribution is -0.140. The van der Waals surface area contributed by atoms with Crippen molar-refractivity contribution in [2.75, 3.05) is 33.3 Å². The first-order chi connectivity index (χ1) is 15.7. The third kappa shape index (κ3) is 5.11. The van der Waals surface area contributed by atoms with Crippen LogP contribution in [0.1, 0.15) is 24.1 Å². The minimum Gasteiger partial charge on any atom is -0.497 e. The number of amides is 1. The van der Waals surface area contributed by atoms with E-state index in [1.807, 2.05) is 42.2 Å². The van der Waals surface area contributed by atoms with Crippen molar-refractivity contribution in [2.24, 2.45) is 0 Å². The molecule has 0 bridgehead atoms. The highest BCUT2D eigenvalue weighted by atomic mass is 16.5. The Balaban J connectivity index is 1.41. The zero-order valence-corrected chi connectivity index (χ0v) is 18.7. The van der Waals surface area contributed by atoms with E-state index in [0.717, 1.165) is 13.1 Å². The molecular weight excluding hydrogens is 400 g/mol. The Morgan fingerprint density at radius 3 is 1.91 bits per heavy atom. The second-order valence-corrected chi connectivity index (χ2v) is 8.02. The van der Waals surface area contributed by atoms with Crippen LogP contribution in [-0.4, -0.2) is 55.1 Å². The number of rotatable bonds is 7. The van der Waals surface area contributed by atoms with E-state index in [4.69, 9.17) is 9.47 Å². The maximum atomic E-state index is 13.0. The van der Waals surface area contributed by atoms with Gasteiger partial charge in [0, 0.05) is 32.2 Å².